The molecule has 1 aromatic heterocycles. The highest BCUT2D eigenvalue weighted by Crippen LogP contribution is 2.16. The number of carbonyl (C=O) groups excluding carboxylic acids is 1. The zero-order chi connectivity index (χ0) is 13.0. The second kappa shape index (κ2) is 5.52. The van der Waals surface area contributed by atoms with Crippen LogP contribution in [0.15, 0.2) is 22.8 Å². The molecule has 2 N–H and O–H groups in total. The van der Waals surface area contributed by atoms with Gasteiger partial charge in [-0.05, 0) is 19.1 Å². The molecule has 0 saturated heterocycles. The van der Waals surface area contributed by atoms with Gasteiger partial charge in [0.05, 0.1) is 18.2 Å². The molecule has 0 fully saturated rings. The molecule has 1 aromatic rings. The first-order valence-electron chi connectivity index (χ1n) is 5.50. The Balaban J connectivity index is 2.57. The third kappa shape index (κ3) is 3.34. The van der Waals surface area contributed by atoms with Gasteiger partial charge in [-0.1, -0.05) is 13.8 Å². The maximum Gasteiger partial charge on any atom is 0.307 e. The SMILES string of the molecule is CC(NC(=O)C(C)C(C)C(=O)O)c1ccco1. The molecular weight excluding hydrogens is 222 g/mol. The van der Waals surface area contributed by atoms with E-state index >= 15 is 0 Å². The number of hydrogen-bond donors (Lipinski definition) is 2. The smallest absolute Gasteiger partial charge is 0.307 e. The summed E-state index contributed by atoms with van der Waals surface area (Å²) < 4.78 is 5.15. The lowest BCUT2D eigenvalue weighted by Crippen LogP contribution is -2.36. The lowest BCUT2D eigenvalue weighted by Gasteiger charge is -2.18. The molecule has 0 radical (unpaired) electrons. The molecule has 0 aliphatic carbocycles. The average Bonchev–Trinajstić information content (AvgIpc) is 2.80. The molecule has 3 unspecified atom stereocenters. The number of carboxylic acid groups (broad SMARTS) is 1. The van der Waals surface area contributed by atoms with Crippen LogP contribution in [0.25, 0.3) is 0 Å². The number of amides is 1. The predicted octanol–water partition coefficient (Wildman–Crippen LogP) is 1.81. The van der Waals surface area contributed by atoms with E-state index in [1.165, 1.54) is 13.2 Å². The zero-order valence-electron chi connectivity index (χ0n) is 10.1. The highest BCUT2D eigenvalue weighted by molar-refractivity contribution is 5.84. The van der Waals surface area contributed by atoms with Crippen LogP contribution in [0.2, 0.25) is 0 Å². The Morgan fingerprint density at radius 3 is 2.41 bits per heavy atom. The molecule has 3 atom stereocenters. The summed E-state index contributed by atoms with van der Waals surface area (Å²) >= 11 is 0. The highest BCUT2D eigenvalue weighted by Gasteiger charge is 2.27. The maximum absolute atomic E-state index is 11.8. The number of furan rings is 1. The Bertz CT molecular complexity index is 385. The largest absolute Gasteiger partial charge is 0.481 e. The van der Waals surface area contributed by atoms with Gasteiger partial charge in [-0.3, -0.25) is 9.59 Å². The van der Waals surface area contributed by atoms with Gasteiger partial charge in [0.1, 0.15) is 5.76 Å². The molecule has 0 aliphatic rings. The van der Waals surface area contributed by atoms with Crippen LogP contribution in [0.3, 0.4) is 0 Å². The van der Waals surface area contributed by atoms with Crippen LogP contribution in [0, 0.1) is 11.8 Å². The maximum atomic E-state index is 11.8. The van der Waals surface area contributed by atoms with E-state index in [9.17, 15) is 9.59 Å². The summed E-state index contributed by atoms with van der Waals surface area (Å²) in [5.74, 6) is -1.90. The van der Waals surface area contributed by atoms with Gasteiger partial charge in [-0.25, -0.2) is 0 Å². The molecule has 0 aliphatic heterocycles. The van der Waals surface area contributed by atoms with Gasteiger partial charge in [0, 0.05) is 5.92 Å². The van der Waals surface area contributed by atoms with E-state index in [2.05, 4.69) is 5.32 Å². The van der Waals surface area contributed by atoms with Crippen molar-refractivity contribution in [2.75, 3.05) is 0 Å². The van der Waals surface area contributed by atoms with Crippen molar-refractivity contribution in [3.05, 3.63) is 24.2 Å². The molecule has 5 heteroatoms. The summed E-state index contributed by atoms with van der Waals surface area (Å²) in [4.78, 5) is 22.5. The fraction of sp³-hybridized carbons (Fsp3) is 0.500. The van der Waals surface area contributed by atoms with E-state index in [4.69, 9.17) is 9.52 Å². The molecule has 17 heavy (non-hydrogen) atoms. The molecule has 0 spiro atoms. The van der Waals surface area contributed by atoms with Gasteiger partial charge in [0.25, 0.3) is 0 Å². The van der Waals surface area contributed by atoms with Crippen LogP contribution in [-0.2, 0) is 9.59 Å². The van der Waals surface area contributed by atoms with E-state index < -0.39 is 17.8 Å². The minimum Gasteiger partial charge on any atom is -0.481 e. The predicted molar refractivity (Wildman–Crippen MR) is 61.2 cm³/mol. The summed E-state index contributed by atoms with van der Waals surface area (Å²) in [6.07, 6.45) is 1.53. The third-order valence-electron chi connectivity index (χ3n) is 2.88. The van der Waals surface area contributed by atoms with Crippen LogP contribution >= 0.6 is 0 Å². The van der Waals surface area contributed by atoms with E-state index in [1.54, 1.807) is 26.0 Å². The first-order valence-corrected chi connectivity index (χ1v) is 5.50. The Morgan fingerprint density at radius 2 is 1.94 bits per heavy atom. The second-order valence-corrected chi connectivity index (χ2v) is 4.16. The first kappa shape index (κ1) is 13.3. The minimum atomic E-state index is -0.974. The number of rotatable bonds is 5. The van der Waals surface area contributed by atoms with E-state index in [1.807, 2.05) is 0 Å². The lowest BCUT2D eigenvalue weighted by molar-refractivity contribution is -0.146. The lowest BCUT2D eigenvalue weighted by atomic mass is 9.95. The van der Waals surface area contributed by atoms with Gasteiger partial charge in [0.2, 0.25) is 5.91 Å². The Morgan fingerprint density at radius 1 is 1.29 bits per heavy atom. The summed E-state index contributed by atoms with van der Waals surface area (Å²) in [5, 5.41) is 11.5. The third-order valence-corrected chi connectivity index (χ3v) is 2.88. The quantitative estimate of drug-likeness (QED) is 0.821. The number of aliphatic carboxylic acids is 1. The second-order valence-electron chi connectivity index (χ2n) is 4.16. The van der Waals surface area contributed by atoms with Crippen molar-refractivity contribution < 1.29 is 19.1 Å². The topological polar surface area (TPSA) is 79.5 Å². The molecule has 5 nitrogen and oxygen atoms in total. The Labute approximate surface area is 99.8 Å². The standard InChI is InChI=1S/C12H17NO4/c1-7(8(2)12(15)16)11(14)13-9(3)10-5-4-6-17-10/h4-9H,1-3H3,(H,13,14)(H,15,16). The summed E-state index contributed by atoms with van der Waals surface area (Å²) in [5.41, 5.74) is 0. The van der Waals surface area contributed by atoms with Gasteiger partial charge < -0.3 is 14.8 Å². The fourth-order valence-electron chi connectivity index (χ4n) is 1.39. The summed E-state index contributed by atoms with van der Waals surface area (Å²) in [6.45, 7) is 4.90. The summed E-state index contributed by atoms with van der Waals surface area (Å²) in [7, 11) is 0. The fourth-order valence-corrected chi connectivity index (χ4v) is 1.39. The van der Waals surface area contributed by atoms with Crippen molar-refractivity contribution in [2.24, 2.45) is 11.8 Å². The van der Waals surface area contributed by atoms with Gasteiger partial charge in [-0.15, -0.1) is 0 Å². The van der Waals surface area contributed by atoms with Crippen LogP contribution in [0.4, 0.5) is 0 Å². The van der Waals surface area contributed by atoms with Crippen LogP contribution in [-0.4, -0.2) is 17.0 Å². The van der Waals surface area contributed by atoms with Crippen LogP contribution in [0.1, 0.15) is 32.6 Å². The molecule has 0 aromatic carbocycles. The minimum absolute atomic E-state index is 0.263. The van der Waals surface area contributed by atoms with Crippen molar-refractivity contribution in [3.8, 4) is 0 Å². The monoisotopic (exact) mass is 239 g/mol. The number of hydrogen-bond acceptors (Lipinski definition) is 3. The van der Waals surface area contributed by atoms with Gasteiger partial charge >= 0.3 is 5.97 Å². The Hall–Kier alpha value is -1.78. The van der Waals surface area contributed by atoms with E-state index in [0.29, 0.717) is 5.76 Å². The van der Waals surface area contributed by atoms with E-state index in [0.717, 1.165) is 0 Å². The number of carboxylic acids is 1. The summed E-state index contributed by atoms with van der Waals surface area (Å²) in [6, 6.07) is 3.23. The van der Waals surface area contributed by atoms with Crippen LogP contribution in [0.5, 0.6) is 0 Å². The Kier molecular flexibility index (Phi) is 4.31. The van der Waals surface area contributed by atoms with Crippen molar-refractivity contribution in [1.82, 2.24) is 5.32 Å². The van der Waals surface area contributed by atoms with E-state index in [-0.39, 0.29) is 11.9 Å². The normalized spacial score (nSPS) is 15.9. The van der Waals surface area contributed by atoms with Gasteiger partial charge in [-0.2, -0.15) is 0 Å². The molecule has 0 bridgehead atoms. The van der Waals surface area contributed by atoms with Crippen molar-refractivity contribution >= 4 is 11.9 Å². The number of nitrogens with one attached hydrogen (secondary N) is 1. The number of carbonyl (C=O) groups is 2. The zero-order valence-corrected chi connectivity index (χ0v) is 10.1. The van der Waals surface area contributed by atoms with Crippen LogP contribution < -0.4 is 5.32 Å². The molecule has 1 amide bonds. The molecule has 1 heterocycles. The van der Waals surface area contributed by atoms with Gasteiger partial charge in [0.15, 0.2) is 0 Å². The van der Waals surface area contributed by atoms with Crippen molar-refractivity contribution in [2.45, 2.75) is 26.8 Å². The highest BCUT2D eigenvalue weighted by atomic mass is 16.4. The first-order chi connectivity index (χ1) is 7.93. The average molecular weight is 239 g/mol. The van der Waals surface area contributed by atoms with Crippen molar-refractivity contribution in [3.63, 3.8) is 0 Å². The molecule has 94 valence electrons. The van der Waals surface area contributed by atoms with Crippen molar-refractivity contribution in [1.29, 1.82) is 0 Å². The molecule has 0 saturated carbocycles. The molecule has 1 rings (SSSR count). The molecular formula is C12H17NO4.